The zero-order chi connectivity index (χ0) is 7.72. The topological polar surface area (TPSA) is 26.9 Å². The predicted octanol–water partition coefficient (Wildman–Crippen LogP) is 1.05. The lowest BCUT2D eigenvalue weighted by Gasteiger charge is -2.04. The van der Waals surface area contributed by atoms with Gasteiger partial charge < -0.3 is 5.21 Å². The summed E-state index contributed by atoms with van der Waals surface area (Å²) in [6.45, 7) is 5.45. The van der Waals surface area contributed by atoms with Gasteiger partial charge in [-0.25, -0.2) is 0 Å². The molecule has 0 aliphatic carbocycles. The Morgan fingerprint density at radius 1 is 1.40 bits per heavy atom. The third-order valence-corrected chi connectivity index (χ3v) is 1.67. The molecule has 1 heterocycles. The number of nitrogens with zero attached hydrogens (tertiary/aromatic N) is 1. The fourth-order valence-corrected chi connectivity index (χ4v) is 0.793. The number of pyridine rings is 1. The minimum Gasteiger partial charge on any atom is -0.618 e. The quantitative estimate of drug-likeness (QED) is 0.387. The van der Waals surface area contributed by atoms with E-state index in [1.807, 2.05) is 6.92 Å². The zero-order valence-corrected chi connectivity index (χ0v) is 6.43. The largest absolute Gasteiger partial charge is 0.618 e. The Bertz CT molecular complexity index is 229. The van der Waals surface area contributed by atoms with Crippen LogP contribution in [0.3, 0.4) is 0 Å². The molecule has 0 atom stereocenters. The van der Waals surface area contributed by atoms with Crippen molar-refractivity contribution in [3.8, 4) is 0 Å². The molecule has 10 heavy (non-hydrogen) atoms. The van der Waals surface area contributed by atoms with Crippen molar-refractivity contribution in [2.75, 3.05) is 0 Å². The lowest BCUT2D eigenvalue weighted by Crippen LogP contribution is -2.34. The summed E-state index contributed by atoms with van der Waals surface area (Å²) in [4.78, 5) is 0. The van der Waals surface area contributed by atoms with Gasteiger partial charge in [0.25, 0.3) is 0 Å². The summed E-state index contributed by atoms with van der Waals surface area (Å²) in [6, 6.07) is 4.69. The molecule has 0 aliphatic rings. The van der Waals surface area contributed by atoms with Gasteiger partial charge in [0.05, 0.1) is 0 Å². The van der Waals surface area contributed by atoms with E-state index in [9.17, 15) is 5.21 Å². The summed E-state index contributed by atoms with van der Waals surface area (Å²) in [5.41, 5.74) is 2.35. The molecule has 1 aromatic rings. The van der Waals surface area contributed by atoms with Gasteiger partial charge in [0, 0.05) is 25.5 Å². The SMILES string of the molecule is Cc1[c]cc(C)[n+]([O-])c1C. The van der Waals surface area contributed by atoms with Gasteiger partial charge in [0.1, 0.15) is 0 Å². The summed E-state index contributed by atoms with van der Waals surface area (Å²) in [6.07, 6.45) is 0. The third kappa shape index (κ3) is 0.967. The molecule has 0 spiro atoms. The Morgan fingerprint density at radius 2 is 2.00 bits per heavy atom. The molecule has 1 rings (SSSR count). The van der Waals surface area contributed by atoms with Gasteiger partial charge in [-0.1, -0.05) is 0 Å². The molecule has 1 radical (unpaired) electrons. The predicted molar refractivity (Wildman–Crippen MR) is 38.4 cm³/mol. The van der Waals surface area contributed by atoms with Gasteiger partial charge in [0.2, 0.25) is 0 Å². The Kier molecular flexibility index (Phi) is 1.62. The molecule has 2 nitrogen and oxygen atoms in total. The van der Waals surface area contributed by atoms with E-state index in [1.165, 1.54) is 0 Å². The molecule has 0 N–H and O–H groups in total. The summed E-state index contributed by atoms with van der Waals surface area (Å²) in [5.74, 6) is 0. The monoisotopic (exact) mass is 136 g/mol. The molecule has 0 amide bonds. The summed E-state index contributed by atoms with van der Waals surface area (Å²) in [7, 11) is 0. The van der Waals surface area contributed by atoms with Crippen LogP contribution in [0.5, 0.6) is 0 Å². The molecule has 0 bridgehead atoms. The highest BCUT2D eigenvalue weighted by atomic mass is 16.5. The van der Waals surface area contributed by atoms with Crippen molar-refractivity contribution in [2.24, 2.45) is 0 Å². The van der Waals surface area contributed by atoms with Crippen LogP contribution in [-0.4, -0.2) is 0 Å². The maximum Gasteiger partial charge on any atom is 0.193 e. The van der Waals surface area contributed by atoms with Gasteiger partial charge in [0.15, 0.2) is 11.4 Å². The van der Waals surface area contributed by atoms with Crippen LogP contribution >= 0.6 is 0 Å². The van der Waals surface area contributed by atoms with Crippen molar-refractivity contribution in [2.45, 2.75) is 20.8 Å². The van der Waals surface area contributed by atoms with Crippen LogP contribution in [0.25, 0.3) is 0 Å². The number of hydrogen-bond donors (Lipinski definition) is 0. The van der Waals surface area contributed by atoms with Gasteiger partial charge in [-0.15, -0.1) is 0 Å². The van der Waals surface area contributed by atoms with Crippen molar-refractivity contribution in [3.63, 3.8) is 0 Å². The van der Waals surface area contributed by atoms with Crippen LogP contribution in [0.4, 0.5) is 0 Å². The average Bonchev–Trinajstić information content (AvgIpc) is 1.93. The maximum atomic E-state index is 11.1. The van der Waals surface area contributed by atoms with Crippen molar-refractivity contribution in [3.05, 3.63) is 34.3 Å². The first-order chi connectivity index (χ1) is 4.63. The zero-order valence-electron chi connectivity index (χ0n) is 6.43. The standard InChI is InChI=1S/C8H10NO/c1-6-4-5-7(2)9(10)8(6)3/h5H,1-3H3. The molecule has 0 aliphatic heterocycles. The molecule has 53 valence electrons. The first-order valence-corrected chi connectivity index (χ1v) is 3.21. The lowest BCUT2D eigenvalue weighted by molar-refractivity contribution is -0.619. The van der Waals surface area contributed by atoms with E-state index in [0.29, 0.717) is 5.69 Å². The third-order valence-electron chi connectivity index (χ3n) is 1.67. The molecule has 2 heteroatoms. The maximum absolute atomic E-state index is 11.1. The first kappa shape index (κ1) is 7.06. The van der Waals surface area contributed by atoms with E-state index in [-0.39, 0.29) is 0 Å². The van der Waals surface area contributed by atoms with Crippen LogP contribution in [0.2, 0.25) is 0 Å². The average molecular weight is 136 g/mol. The van der Waals surface area contributed by atoms with Crippen molar-refractivity contribution >= 4 is 0 Å². The van der Waals surface area contributed by atoms with E-state index >= 15 is 0 Å². The van der Waals surface area contributed by atoms with Crippen LogP contribution in [0, 0.1) is 32.0 Å². The molecular formula is C8H10NO. The smallest absolute Gasteiger partial charge is 0.193 e. The summed E-state index contributed by atoms with van der Waals surface area (Å²) < 4.78 is 0.922. The fraction of sp³-hybridized carbons (Fsp3) is 0.375. The highest BCUT2D eigenvalue weighted by Crippen LogP contribution is 1.99. The van der Waals surface area contributed by atoms with E-state index in [1.54, 1.807) is 19.9 Å². The molecule has 0 saturated carbocycles. The second-order valence-corrected chi connectivity index (χ2v) is 2.43. The number of hydrogen-bond acceptors (Lipinski definition) is 1. The van der Waals surface area contributed by atoms with Crippen LogP contribution in [0.1, 0.15) is 17.0 Å². The van der Waals surface area contributed by atoms with E-state index in [0.717, 1.165) is 16.0 Å². The molecular weight excluding hydrogens is 126 g/mol. The Morgan fingerprint density at radius 3 is 2.50 bits per heavy atom. The Labute approximate surface area is 60.7 Å². The Hall–Kier alpha value is -1.05. The van der Waals surface area contributed by atoms with Crippen molar-refractivity contribution in [1.82, 2.24) is 0 Å². The minimum absolute atomic E-state index is 0.697. The molecule has 0 aromatic carbocycles. The van der Waals surface area contributed by atoms with Gasteiger partial charge in [-0.05, 0) is 13.0 Å². The molecule has 0 fully saturated rings. The van der Waals surface area contributed by atoms with Crippen LogP contribution in [0.15, 0.2) is 6.07 Å². The fourth-order valence-electron chi connectivity index (χ4n) is 0.793. The lowest BCUT2D eigenvalue weighted by atomic mass is 10.2. The van der Waals surface area contributed by atoms with Crippen molar-refractivity contribution in [1.29, 1.82) is 0 Å². The molecule has 1 aromatic heterocycles. The summed E-state index contributed by atoms with van der Waals surface area (Å²) in [5, 5.41) is 11.1. The van der Waals surface area contributed by atoms with Gasteiger partial charge in [-0.2, -0.15) is 4.73 Å². The highest BCUT2D eigenvalue weighted by Gasteiger charge is 2.04. The van der Waals surface area contributed by atoms with Gasteiger partial charge in [-0.3, -0.25) is 0 Å². The van der Waals surface area contributed by atoms with Crippen molar-refractivity contribution < 1.29 is 4.73 Å². The number of aromatic nitrogens is 1. The second kappa shape index (κ2) is 2.29. The summed E-state index contributed by atoms with van der Waals surface area (Å²) >= 11 is 0. The number of rotatable bonds is 0. The van der Waals surface area contributed by atoms with E-state index in [2.05, 4.69) is 6.07 Å². The van der Waals surface area contributed by atoms with E-state index in [4.69, 9.17) is 0 Å². The first-order valence-electron chi connectivity index (χ1n) is 3.21. The molecule has 0 unspecified atom stereocenters. The van der Waals surface area contributed by atoms with Crippen LogP contribution in [-0.2, 0) is 0 Å². The minimum atomic E-state index is 0.697. The van der Waals surface area contributed by atoms with E-state index < -0.39 is 0 Å². The second-order valence-electron chi connectivity index (χ2n) is 2.43. The normalized spacial score (nSPS) is 9.90. The Balaban J connectivity index is 3.34. The molecule has 0 saturated heterocycles. The highest BCUT2D eigenvalue weighted by molar-refractivity contribution is 5.12. The number of aryl methyl sites for hydroxylation is 2. The van der Waals surface area contributed by atoms with Crippen LogP contribution < -0.4 is 4.73 Å². The van der Waals surface area contributed by atoms with Gasteiger partial charge >= 0.3 is 0 Å².